The molecule has 0 spiro atoms. The van der Waals surface area contributed by atoms with Crippen LogP contribution in [0.1, 0.15) is 12.8 Å². The summed E-state index contributed by atoms with van der Waals surface area (Å²) in [6.07, 6.45) is 0.858. The van der Waals surface area contributed by atoms with E-state index in [1.807, 2.05) is 0 Å². The minimum Gasteiger partial charge on any atom is -0.469 e. The number of ether oxygens (including phenoxy) is 1. The third kappa shape index (κ3) is 2.73. The average Bonchev–Trinajstić information content (AvgIpc) is 2.88. The van der Waals surface area contributed by atoms with Crippen molar-refractivity contribution in [2.45, 2.75) is 17.7 Å². The van der Waals surface area contributed by atoms with E-state index in [0.717, 1.165) is 0 Å². The number of piperidine rings is 1. The predicted molar refractivity (Wildman–Crippen MR) is 85.0 cm³/mol. The number of hydrogen-bond donors (Lipinski definition) is 0. The van der Waals surface area contributed by atoms with Gasteiger partial charge in [0.2, 0.25) is 10.0 Å². The number of sulfonamides is 1. The van der Waals surface area contributed by atoms with Gasteiger partial charge in [0.1, 0.15) is 0 Å². The Hall–Kier alpha value is -2.13. The Bertz CT molecular complexity index is 935. The fraction of sp³-hybridized carbons (Fsp3) is 0.467. The molecule has 0 saturated carbocycles. The van der Waals surface area contributed by atoms with Crippen molar-refractivity contribution >= 4 is 27.1 Å². The summed E-state index contributed by atoms with van der Waals surface area (Å²) in [6, 6.07) is 4.33. The van der Waals surface area contributed by atoms with Crippen molar-refractivity contribution in [2.24, 2.45) is 13.0 Å². The molecule has 0 aliphatic carbocycles. The molecule has 0 N–H and O–H groups in total. The third-order valence-electron chi connectivity index (χ3n) is 4.39. The van der Waals surface area contributed by atoms with E-state index in [1.165, 1.54) is 41.2 Å². The second-order valence-corrected chi connectivity index (χ2v) is 7.70. The molecule has 9 heteroatoms. The van der Waals surface area contributed by atoms with Crippen molar-refractivity contribution in [3.05, 3.63) is 28.7 Å². The van der Waals surface area contributed by atoms with Gasteiger partial charge < -0.3 is 9.15 Å². The summed E-state index contributed by atoms with van der Waals surface area (Å²) < 4.78 is 37.9. The van der Waals surface area contributed by atoms with E-state index in [4.69, 9.17) is 9.15 Å². The van der Waals surface area contributed by atoms with Gasteiger partial charge in [0.05, 0.1) is 23.4 Å². The highest BCUT2D eigenvalue weighted by Crippen LogP contribution is 2.26. The van der Waals surface area contributed by atoms with E-state index in [-0.39, 0.29) is 29.9 Å². The zero-order valence-corrected chi connectivity index (χ0v) is 14.2. The Kier molecular flexibility index (Phi) is 4.22. The molecule has 1 aliphatic heterocycles. The van der Waals surface area contributed by atoms with Gasteiger partial charge in [-0.3, -0.25) is 9.36 Å². The van der Waals surface area contributed by atoms with Gasteiger partial charge in [0.15, 0.2) is 5.58 Å². The molecule has 1 aromatic heterocycles. The van der Waals surface area contributed by atoms with Crippen LogP contribution < -0.4 is 5.76 Å². The Morgan fingerprint density at radius 1 is 1.29 bits per heavy atom. The molecule has 1 saturated heterocycles. The number of nitrogens with zero attached hydrogens (tertiary/aromatic N) is 2. The number of aryl methyl sites for hydroxylation is 1. The SMILES string of the molecule is COC(=O)C1CCN(S(=O)(=O)c2ccc3oc(=O)n(C)c3c2)CC1. The quantitative estimate of drug-likeness (QED) is 0.753. The summed E-state index contributed by atoms with van der Waals surface area (Å²) in [5.74, 6) is -1.11. The van der Waals surface area contributed by atoms with Crippen LogP contribution in [0.4, 0.5) is 0 Å². The minimum atomic E-state index is -3.69. The molecule has 8 nitrogen and oxygen atoms in total. The third-order valence-corrected chi connectivity index (χ3v) is 6.28. The number of carbonyl (C=O) groups excluding carboxylic acids is 1. The lowest BCUT2D eigenvalue weighted by Crippen LogP contribution is -2.40. The highest BCUT2D eigenvalue weighted by molar-refractivity contribution is 7.89. The highest BCUT2D eigenvalue weighted by Gasteiger charge is 2.32. The first-order valence-corrected chi connectivity index (χ1v) is 8.96. The maximum atomic E-state index is 12.8. The molecular formula is C15H18N2O6S. The molecule has 0 atom stereocenters. The Balaban J connectivity index is 1.87. The molecule has 2 aromatic rings. The van der Waals surface area contributed by atoms with E-state index in [9.17, 15) is 18.0 Å². The molecule has 1 aliphatic rings. The lowest BCUT2D eigenvalue weighted by atomic mass is 9.99. The van der Waals surface area contributed by atoms with Crippen molar-refractivity contribution in [2.75, 3.05) is 20.2 Å². The van der Waals surface area contributed by atoms with E-state index >= 15 is 0 Å². The number of fused-ring (bicyclic) bond motifs is 1. The fourth-order valence-electron chi connectivity index (χ4n) is 2.91. The van der Waals surface area contributed by atoms with E-state index < -0.39 is 15.8 Å². The number of benzene rings is 1. The number of esters is 1. The summed E-state index contributed by atoms with van der Waals surface area (Å²) in [4.78, 5) is 23.2. The zero-order valence-electron chi connectivity index (χ0n) is 13.4. The van der Waals surface area contributed by atoms with Crippen molar-refractivity contribution in [1.29, 1.82) is 0 Å². The van der Waals surface area contributed by atoms with Gasteiger partial charge in [0, 0.05) is 20.1 Å². The molecule has 1 aromatic carbocycles. The van der Waals surface area contributed by atoms with Gasteiger partial charge in [-0.2, -0.15) is 4.31 Å². The maximum absolute atomic E-state index is 12.8. The zero-order chi connectivity index (χ0) is 17.5. The van der Waals surface area contributed by atoms with Gasteiger partial charge in [-0.05, 0) is 31.0 Å². The van der Waals surface area contributed by atoms with Gasteiger partial charge in [-0.15, -0.1) is 0 Å². The van der Waals surface area contributed by atoms with E-state index in [2.05, 4.69) is 0 Å². The molecule has 1 fully saturated rings. The van der Waals surface area contributed by atoms with Crippen LogP contribution in [0.2, 0.25) is 0 Å². The van der Waals surface area contributed by atoms with Crippen LogP contribution in [0.15, 0.2) is 32.3 Å². The predicted octanol–water partition coefficient (Wildman–Crippen LogP) is 0.705. The van der Waals surface area contributed by atoms with E-state index in [1.54, 1.807) is 0 Å². The maximum Gasteiger partial charge on any atom is 0.419 e. The first kappa shape index (κ1) is 16.7. The molecule has 2 heterocycles. The molecule has 0 bridgehead atoms. The van der Waals surface area contributed by atoms with Crippen molar-refractivity contribution in [3.8, 4) is 0 Å². The Morgan fingerprint density at radius 2 is 1.96 bits per heavy atom. The lowest BCUT2D eigenvalue weighted by molar-refractivity contribution is -0.146. The van der Waals surface area contributed by atoms with Crippen molar-refractivity contribution < 1.29 is 22.4 Å². The normalized spacial score (nSPS) is 17.2. The number of oxazole rings is 1. The van der Waals surface area contributed by atoms with Gasteiger partial charge in [0.25, 0.3) is 0 Å². The molecule has 130 valence electrons. The molecule has 3 rings (SSSR count). The minimum absolute atomic E-state index is 0.0999. The first-order valence-electron chi connectivity index (χ1n) is 7.52. The summed E-state index contributed by atoms with van der Waals surface area (Å²) >= 11 is 0. The molecule has 0 unspecified atom stereocenters. The summed E-state index contributed by atoms with van der Waals surface area (Å²) in [7, 11) is -0.843. The van der Waals surface area contributed by atoms with Crippen LogP contribution in [0.3, 0.4) is 0 Å². The summed E-state index contributed by atoms with van der Waals surface area (Å²) in [5, 5.41) is 0. The van der Waals surface area contributed by atoms with Crippen molar-refractivity contribution in [1.82, 2.24) is 8.87 Å². The van der Waals surface area contributed by atoms with Crippen LogP contribution in [0.5, 0.6) is 0 Å². The topological polar surface area (TPSA) is 98.8 Å². The largest absolute Gasteiger partial charge is 0.469 e. The van der Waals surface area contributed by atoms with Crippen LogP contribution in [0, 0.1) is 5.92 Å². The standard InChI is InChI=1S/C15H18N2O6S/c1-16-12-9-11(3-4-13(12)23-15(16)19)24(20,21)17-7-5-10(6-8-17)14(18)22-2/h3-4,9-10H,5-8H2,1-2H3. The number of hydrogen-bond acceptors (Lipinski definition) is 6. The van der Waals surface area contributed by atoms with Crippen molar-refractivity contribution in [3.63, 3.8) is 0 Å². The van der Waals surface area contributed by atoms with E-state index in [0.29, 0.717) is 23.9 Å². The highest BCUT2D eigenvalue weighted by atomic mass is 32.2. The molecule has 24 heavy (non-hydrogen) atoms. The number of methoxy groups -OCH3 is 1. The number of aromatic nitrogens is 1. The van der Waals surface area contributed by atoms with Crippen LogP contribution >= 0.6 is 0 Å². The van der Waals surface area contributed by atoms with Gasteiger partial charge in [-0.1, -0.05) is 0 Å². The van der Waals surface area contributed by atoms with Gasteiger partial charge >= 0.3 is 11.7 Å². The first-order chi connectivity index (χ1) is 11.3. The number of carbonyl (C=O) groups is 1. The summed E-state index contributed by atoms with van der Waals surface area (Å²) in [6.45, 7) is 0.509. The molecular weight excluding hydrogens is 336 g/mol. The lowest BCUT2D eigenvalue weighted by Gasteiger charge is -2.29. The average molecular weight is 354 g/mol. The van der Waals surface area contributed by atoms with Crippen LogP contribution in [-0.4, -0.2) is 43.5 Å². The van der Waals surface area contributed by atoms with Crippen LogP contribution in [-0.2, 0) is 26.6 Å². The van der Waals surface area contributed by atoms with Gasteiger partial charge in [-0.25, -0.2) is 13.2 Å². The Labute approximate surface area is 138 Å². The Morgan fingerprint density at radius 3 is 2.58 bits per heavy atom. The number of rotatable bonds is 3. The smallest absolute Gasteiger partial charge is 0.419 e. The summed E-state index contributed by atoms with van der Waals surface area (Å²) in [5.41, 5.74) is 0.761. The second kappa shape index (κ2) is 6.06. The second-order valence-electron chi connectivity index (χ2n) is 5.76. The molecule has 0 amide bonds. The fourth-order valence-corrected chi connectivity index (χ4v) is 4.40. The molecule has 0 radical (unpaired) electrons. The van der Waals surface area contributed by atoms with Crippen LogP contribution in [0.25, 0.3) is 11.1 Å². The monoisotopic (exact) mass is 354 g/mol.